The number of unbranched alkanes of at least 4 members (excludes halogenated alkanes) is 2. The SMILES string of the molecule is CCCCCc1c2c(n(C)c1COc1ccccc1)C(=O)c1ccccc1C2=O. The summed E-state index contributed by atoms with van der Waals surface area (Å²) in [6, 6.07) is 16.7. The van der Waals surface area contributed by atoms with Crippen molar-refractivity contribution in [3.8, 4) is 5.75 Å². The van der Waals surface area contributed by atoms with E-state index in [4.69, 9.17) is 4.74 Å². The number of hydrogen-bond acceptors (Lipinski definition) is 3. The van der Waals surface area contributed by atoms with Crippen molar-refractivity contribution in [1.29, 1.82) is 0 Å². The molecule has 0 saturated heterocycles. The van der Waals surface area contributed by atoms with E-state index in [-0.39, 0.29) is 11.6 Å². The molecule has 3 aromatic rings. The highest BCUT2D eigenvalue weighted by atomic mass is 16.5. The van der Waals surface area contributed by atoms with Crippen molar-refractivity contribution < 1.29 is 14.3 Å². The maximum absolute atomic E-state index is 13.3. The van der Waals surface area contributed by atoms with Crippen LogP contribution in [-0.4, -0.2) is 16.1 Å². The Hall–Kier alpha value is -3.14. The van der Waals surface area contributed by atoms with Crippen molar-refractivity contribution in [3.05, 3.63) is 88.2 Å². The maximum atomic E-state index is 13.3. The van der Waals surface area contributed by atoms with Crippen molar-refractivity contribution in [2.24, 2.45) is 7.05 Å². The summed E-state index contributed by atoms with van der Waals surface area (Å²) in [5.74, 6) is 0.635. The van der Waals surface area contributed by atoms with Gasteiger partial charge in [0, 0.05) is 18.2 Å². The predicted octanol–water partition coefficient (Wildman–Crippen LogP) is 5.11. The van der Waals surface area contributed by atoms with Gasteiger partial charge < -0.3 is 9.30 Å². The number of fused-ring (bicyclic) bond motifs is 2. The molecule has 0 bridgehead atoms. The molecule has 0 N–H and O–H groups in total. The second kappa shape index (κ2) is 8.08. The Morgan fingerprint density at radius 1 is 0.862 bits per heavy atom. The molecule has 0 saturated carbocycles. The van der Waals surface area contributed by atoms with E-state index in [0.717, 1.165) is 42.7 Å². The number of aromatic nitrogens is 1. The summed E-state index contributed by atoms with van der Waals surface area (Å²) in [5, 5.41) is 0. The molecule has 4 nitrogen and oxygen atoms in total. The van der Waals surface area contributed by atoms with Gasteiger partial charge >= 0.3 is 0 Å². The minimum atomic E-state index is -0.0830. The summed E-state index contributed by atoms with van der Waals surface area (Å²) in [6.07, 6.45) is 3.93. The van der Waals surface area contributed by atoms with E-state index in [1.165, 1.54) is 0 Å². The molecular weight excluding hydrogens is 362 g/mol. The topological polar surface area (TPSA) is 48.3 Å². The first-order chi connectivity index (χ1) is 14.1. The number of rotatable bonds is 7. The van der Waals surface area contributed by atoms with Crippen LogP contribution in [0.1, 0.15) is 69.4 Å². The molecule has 0 radical (unpaired) electrons. The molecule has 0 unspecified atom stereocenters. The fourth-order valence-corrected chi connectivity index (χ4v) is 4.12. The van der Waals surface area contributed by atoms with Crippen molar-refractivity contribution in [2.75, 3.05) is 0 Å². The first-order valence-corrected chi connectivity index (χ1v) is 10.2. The Morgan fingerprint density at radius 2 is 1.52 bits per heavy atom. The second-order valence-electron chi connectivity index (χ2n) is 7.47. The van der Waals surface area contributed by atoms with E-state index in [9.17, 15) is 9.59 Å². The maximum Gasteiger partial charge on any atom is 0.210 e. The third-order valence-electron chi connectivity index (χ3n) is 5.63. The Balaban J connectivity index is 1.78. The number of hydrogen-bond donors (Lipinski definition) is 0. The molecule has 1 aliphatic carbocycles. The van der Waals surface area contributed by atoms with E-state index in [1.54, 1.807) is 18.2 Å². The van der Waals surface area contributed by atoms with Crippen LogP contribution in [0.5, 0.6) is 5.75 Å². The van der Waals surface area contributed by atoms with Crippen LogP contribution in [0.4, 0.5) is 0 Å². The average molecular weight is 387 g/mol. The number of benzene rings is 2. The van der Waals surface area contributed by atoms with Gasteiger partial charge in [-0.05, 0) is 30.5 Å². The molecule has 2 aromatic carbocycles. The molecular formula is C25H25NO3. The number of ether oxygens (including phenoxy) is 1. The first-order valence-electron chi connectivity index (χ1n) is 10.2. The molecule has 0 fully saturated rings. The molecule has 29 heavy (non-hydrogen) atoms. The van der Waals surface area contributed by atoms with Gasteiger partial charge in [0.15, 0.2) is 5.78 Å². The summed E-state index contributed by atoms with van der Waals surface area (Å²) in [7, 11) is 1.87. The molecule has 1 aromatic heterocycles. The van der Waals surface area contributed by atoms with E-state index in [1.807, 2.05) is 48.0 Å². The Labute approximate surface area is 171 Å². The van der Waals surface area contributed by atoms with E-state index >= 15 is 0 Å². The molecule has 0 atom stereocenters. The molecule has 0 aliphatic heterocycles. The minimum absolute atomic E-state index is 0.0525. The Bertz CT molecular complexity index is 1060. The standard InChI is InChI=1S/C25H25NO3/c1-3-4-6-15-20-21(16-29-17-11-7-5-8-12-17)26(2)23-22(20)24(27)18-13-9-10-14-19(18)25(23)28/h5,7-14H,3-4,6,15-16H2,1-2H3. The molecule has 4 heteroatoms. The second-order valence-corrected chi connectivity index (χ2v) is 7.47. The third-order valence-corrected chi connectivity index (χ3v) is 5.63. The zero-order valence-electron chi connectivity index (χ0n) is 16.9. The molecule has 1 aliphatic rings. The van der Waals surface area contributed by atoms with Crippen LogP contribution in [0, 0.1) is 0 Å². The molecule has 4 rings (SSSR count). The van der Waals surface area contributed by atoms with Gasteiger partial charge in [0.1, 0.15) is 18.1 Å². The molecule has 0 amide bonds. The zero-order valence-corrected chi connectivity index (χ0v) is 16.9. The van der Waals surface area contributed by atoms with Crippen LogP contribution in [0.25, 0.3) is 0 Å². The van der Waals surface area contributed by atoms with Gasteiger partial charge in [-0.1, -0.05) is 62.2 Å². The van der Waals surface area contributed by atoms with E-state index < -0.39 is 0 Å². The number of carbonyl (C=O) groups is 2. The number of ketones is 2. The van der Waals surface area contributed by atoms with Crippen molar-refractivity contribution in [3.63, 3.8) is 0 Å². The van der Waals surface area contributed by atoms with Crippen LogP contribution >= 0.6 is 0 Å². The largest absolute Gasteiger partial charge is 0.487 e. The predicted molar refractivity (Wildman–Crippen MR) is 113 cm³/mol. The van der Waals surface area contributed by atoms with Gasteiger partial charge in [-0.2, -0.15) is 0 Å². The van der Waals surface area contributed by atoms with Crippen LogP contribution in [0.15, 0.2) is 54.6 Å². The normalized spacial score (nSPS) is 12.6. The summed E-state index contributed by atoms with van der Waals surface area (Å²) < 4.78 is 7.87. The molecule has 1 heterocycles. The summed E-state index contributed by atoms with van der Waals surface area (Å²) >= 11 is 0. The first kappa shape index (κ1) is 19.2. The van der Waals surface area contributed by atoms with Gasteiger partial charge in [0.2, 0.25) is 5.78 Å². The van der Waals surface area contributed by atoms with Crippen molar-refractivity contribution in [1.82, 2.24) is 4.57 Å². The smallest absolute Gasteiger partial charge is 0.210 e. The summed E-state index contributed by atoms with van der Waals surface area (Å²) in [4.78, 5) is 26.6. The van der Waals surface area contributed by atoms with E-state index in [0.29, 0.717) is 29.0 Å². The highest BCUT2D eigenvalue weighted by molar-refractivity contribution is 6.28. The fraction of sp³-hybridized carbons (Fsp3) is 0.280. The van der Waals surface area contributed by atoms with Crippen LogP contribution in [0.2, 0.25) is 0 Å². The molecule has 0 spiro atoms. The van der Waals surface area contributed by atoms with Gasteiger partial charge in [-0.25, -0.2) is 0 Å². The average Bonchev–Trinajstić information content (AvgIpc) is 3.03. The van der Waals surface area contributed by atoms with Crippen molar-refractivity contribution >= 4 is 11.6 Å². The van der Waals surface area contributed by atoms with Gasteiger partial charge in [-0.15, -0.1) is 0 Å². The van der Waals surface area contributed by atoms with Gasteiger partial charge in [-0.3, -0.25) is 9.59 Å². The Kier molecular flexibility index (Phi) is 5.34. The monoisotopic (exact) mass is 387 g/mol. The summed E-state index contributed by atoms with van der Waals surface area (Å²) in [6.45, 7) is 2.48. The lowest BCUT2D eigenvalue weighted by Gasteiger charge is -2.16. The van der Waals surface area contributed by atoms with E-state index in [2.05, 4.69) is 6.92 Å². The van der Waals surface area contributed by atoms with Gasteiger partial charge in [0.05, 0.1) is 11.3 Å². The van der Waals surface area contributed by atoms with Crippen LogP contribution < -0.4 is 4.74 Å². The number of para-hydroxylation sites is 1. The minimum Gasteiger partial charge on any atom is -0.487 e. The van der Waals surface area contributed by atoms with Gasteiger partial charge in [0.25, 0.3) is 0 Å². The zero-order chi connectivity index (χ0) is 20.4. The number of carbonyl (C=O) groups excluding carboxylic acids is 2. The van der Waals surface area contributed by atoms with Crippen molar-refractivity contribution in [2.45, 2.75) is 39.2 Å². The lowest BCUT2D eigenvalue weighted by molar-refractivity contribution is 0.0973. The summed E-state index contributed by atoms with van der Waals surface area (Å²) in [5.41, 5.74) is 3.92. The molecule has 148 valence electrons. The Morgan fingerprint density at radius 3 is 2.21 bits per heavy atom. The quantitative estimate of drug-likeness (QED) is 0.414. The van der Waals surface area contributed by atoms with Crippen LogP contribution in [0.3, 0.4) is 0 Å². The highest BCUT2D eigenvalue weighted by Gasteiger charge is 2.36. The highest BCUT2D eigenvalue weighted by Crippen LogP contribution is 2.34. The lowest BCUT2D eigenvalue weighted by atomic mass is 9.85. The van der Waals surface area contributed by atoms with Crippen LogP contribution in [-0.2, 0) is 20.1 Å². The fourth-order valence-electron chi connectivity index (χ4n) is 4.12. The lowest BCUT2D eigenvalue weighted by Crippen LogP contribution is -2.22. The number of nitrogens with zero attached hydrogens (tertiary/aromatic N) is 1. The third kappa shape index (κ3) is 3.39.